The highest BCUT2D eigenvalue weighted by Gasteiger charge is 2.08. The fraction of sp³-hybridized carbons (Fsp3) is 0.231. The van der Waals surface area contributed by atoms with Crippen LogP contribution < -0.4 is 10.5 Å². The van der Waals surface area contributed by atoms with Gasteiger partial charge in [-0.25, -0.2) is 9.97 Å². The van der Waals surface area contributed by atoms with E-state index < -0.39 is 0 Å². The van der Waals surface area contributed by atoms with E-state index in [1.165, 1.54) is 6.33 Å². The SMILES string of the molecule is CCc1c(N)ncnc1OCc1ccc(Cl)cc1. The zero-order chi connectivity index (χ0) is 13.0. The van der Waals surface area contributed by atoms with Gasteiger partial charge < -0.3 is 10.5 Å². The maximum atomic E-state index is 5.82. The molecule has 2 N–H and O–H groups in total. The molecule has 5 heteroatoms. The van der Waals surface area contributed by atoms with E-state index in [9.17, 15) is 0 Å². The second-order valence-electron chi connectivity index (χ2n) is 3.81. The third kappa shape index (κ3) is 2.90. The minimum Gasteiger partial charge on any atom is -0.472 e. The van der Waals surface area contributed by atoms with Crippen molar-refractivity contribution >= 4 is 17.4 Å². The van der Waals surface area contributed by atoms with Crippen LogP contribution in [-0.4, -0.2) is 9.97 Å². The normalized spacial score (nSPS) is 10.3. The van der Waals surface area contributed by atoms with Crippen molar-refractivity contribution in [3.63, 3.8) is 0 Å². The van der Waals surface area contributed by atoms with E-state index in [-0.39, 0.29) is 0 Å². The van der Waals surface area contributed by atoms with Crippen LogP contribution in [0.1, 0.15) is 18.1 Å². The van der Waals surface area contributed by atoms with Crippen molar-refractivity contribution in [2.24, 2.45) is 0 Å². The Morgan fingerprint density at radius 1 is 1.22 bits per heavy atom. The first-order chi connectivity index (χ1) is 8.70. The Bertz CT molecular complexity index is 528. The first-order valence-corrected chi connectivity index (χ1v) is 6.05. The number of hydrogen-bond acceptors (Lipinski definition) is 4. The molecule has 2 aromatic rings. The van der Waals surface area contributed by atoms with Gasteiger partial charge in [-0.1, -0.05) is 30.7 Å². The van der Waals surface area contributed by atoms with E-state index in [0.29, 0.717) is 23.3 Å². The van der Waals surface area contributed by atoms with Crippen LogP contribution in [0.25, 0.3) is 0 Å². The molecule has 0 spiro atoms. The third-order valence-corrected chi connectivity index (χ3v) is 2.83. The largest absolute Gasteiger partial charge is 0.472 e. The molecule has 1 aromatic heterocycles. The highest BCUT2D eigenvalue weighted by molar-refractivity contribution is 6.30. The number of halogens is 1. The molecule has 18 heavy (non-hydrogen) atoms. The summed E-state index contributed by atoms with van der Waals surface area (Å²) >= 11 is 5.82. The van der Waals surface area contributed by atoms with E-state index in [2.05, 4.69) is 9.97 Å². The summed E-state index contributed by atoms with van der Waals surface area (Å²) in [6, 6.07) is 7.49. The van der Waals surface area contributed by atoms with Crippen LogP contribution in [0.3, 0.4) is 0 Å². The molecule has 0 saturated carbocycles. The summed E-state index contributed by atoms with van der Waals surface area (Å²) in [5, 5.41) is 0.708. The second-order valence-corrected chi connectivity index (χ2v) is 4.25. The number of benzene rings is 1. The van der Waals surface area contributed by atoms with E-state index >= 15 is 0 Å². The fourth-order valence-electron chi connectivity index (χ4n) is 1.60. The molecule has 0 amide bonds. The number of ether oxygens (including phenoxy) is 1. The molecule has 0 saturated heterocycles. The molecule has 0 atom stereocenters. The molecule has 0 unspecified atom stereocenters. The van der Waals surface area contributed by atoms with E-state index in [1.54, 1.807) is 0 Å². The van der Waals surface area contributed by atoms with Crippen LogP contribution in [0.4, 0.5) is 5.82 Å². The van der Waals surface area contributed by atoms with E-state index in [4.69, 9.17) is 22.1 Å². The minimum atomic E-state index is 0.431. The summed E-state index contributed by atoms with van der Waals surface area (Å²) in [6.45, 7) is 2.42. The number of hydrogen-bond donors (Lipinski definition) is 1. The second kappa shape index (κ2) is 5.69. The molecule has 0 aliphatic rings. The maximum absolute atomic E-state index is 5.82. The van der Waals surface area contributed by atoms with Gasteiger partial charge in [-0.2, -0.15) is 0 Å². The zero-order valence-corrected chi connectivity index (χ0v) is 10.8. The van der Waals surface area contributed by atoms with Crippen LogP contribution in [0.15, 0.2) is 30.6 Å². The Morgan fingerprint density at radius 2 is 1.94 bits per heavy atom. The van der Waals surface area contributed by atoms with Gasteiger partial charge >= 0.3 is 0 Å². The van der Waals surface area contributed by atoms with Gasteiger partial charge in [-0.15, -0.1) is 0 Å². The average molecular weight is 264 g/mol. The van der Waals surface area contributed by atoms with Gasteiger partial charge in [0.05, 0.1) is 5.56 Å². The Labute approximate surface area is 111 Å². The number of anilines is 1. The quantitative estimate of drug-likeness (QED) is 0.921. The molecular weight excluding hydrogens is 250 g/mol. The smallest absolute Gasteiger partial charge is 0.222 e. The molecule has 0 aliphatic carbocycles. The van der Waals surface area contributed by atoms with Gasteiger partial charge in [0.2, 0.25) is 5.88 Å². The van der Waals surface area contributed by atoms with Crippen LogP contribution in [0.5, 0.6) is 5.88 Å². The maximum Gasteiger partial charge on any atom is 0.222 e. The third-order valence-electron chi connectivity index (χ3n) is 2.58. The number of nitrogens with two attached hydrogens (primary N) is 1. The Morgan fingerprint density at radius 3 is 2.61 bits per heavy atom. The highest BCUT2D eigenvalue weighted by atomic mass is 35.5. The van der Waals surface area contributed by atoms with Gasteiger partial charge in [0.25, 0.3) is 0 Å². The fourth-order valence-corrected chi connectivity index (χ4v) is 1.72. The first-order valence-electron chi connectivity index (χ1n) is 5.67. The molecule has 0 fully saturated rings. The molecule has 1 aromatic carbocycles. The van der Waals surface area contributed by atoms with Crippen LogP contribution >= 0.6 is 11.6 Å². The Balaban J connectivity index is 2.10. The Kier molecular flexibility index (Phi) is 3.99. The van der Waals surface area contributed by atoms with Crippen molar-refractivity contribution in [3.05, 3.63) is 46.7 Å². The number of rotatable bonds is 4. The molecule has 94 valence electrons. The standard InChI is InChI=1S/C13H14ClN3O/c1-2-11-12(15)16-8-17-13(11)18-7-9-3-5-10(14)6-4-9/h3-6,8H,2,7H2,1H3,(H2,15,16,17). The van der Waals surface area contributed by atoms with Gasteiger partial charge in [0.1, 0.15) is 18.8 Å². The topological polar surface area (TPSA) is 61.0 Å². The highest BCUT2D eigenvalue weighted by Crippen LogP contribution is 2.21. The lowest BCUT2D eigenvalue weighted by atomic mass is 10.2. The summed E-state index contributed by atoms with van der Waals surface area (Å²) in [7, 11) is 0. The lowest BCUT2D eigenvalue weighted by molar-refractivity contribution is 0.290. The summed E-state index contributed by atoms with van der Waals surface area (Å²) in [4.78, 5) is 8.05. The zero-order valence-electron chi connectivity index (χ0n) is 10.1. The van der Waals surface area contributed by atoms with Crippen LogP contribution in [0.2, 0.25) is 5.02 Å². The first kappa shape index (κ1) is 12.6. The van der Waals surface area contributed by atoms with Crippen molar-refractivity contribution in [1.82, 2.24) is 9.97 Å². The van der Waals surface area contributed by atoms with Gasteiger partial charge in [0, 0.05) is 5.02 Å². The number of aromatic nitrogens is 2. The molecule has 2 rings (SSSR count). The van der Waals surface area contributed by atoms with E-state index in [1.807, 2.05) is 31.2 Å². The van der Waals surface area contributed by atoms with Gasteiger partial charge in [0.15, 0.2) is 0 Å². The predicted octanol–water partition coefficient (Wildman–Crippen LogP) is 2.85. The van der Waals surface area contributed by atoms with Crippen molar-refractivity contribution in [3.8, 4) is 5.88 Å². The lowest BCUT2D eigenvalue weighted by Gasteiger charge is -2.10. The van der Waals surface area contributed by atoms with Crippen molar-refractivity contribution in [2.45, 2.75) is 20.0 Å². The number of nitrogens with zero attached hydrogens (tertiary/aromatic N) is 2. The predicted molar refractivity (Wildman–Crippen MR) is 71.6 cm³/mol. The summed E-state index contributed by atoms with van der Waals surface area (Å²) in [5.41, 5.74) is 7.64. The van der Waals surface area contributed by atoms with Gasteiger partial charge in [-0.3, -0.25) is 0 Å². The average Bonchev–Trinajstić information content (AvgIpc) is 2.38. The van der Waals surface area contributed by atoms with Crippen molar-refractivity contribution in [1.29, 1.82) is 0 Å². The summed E-state index contributed by atoms with van der Waals surface area (Å²) < 4.78 is 5.66. The van der Waals surface area contributed by atoms with Crippen LogP contribution in [0, 0.1) is 0 Å². The molecule has 0 radical (unpaired) electrons. The lowest BCUT2D eigenvalue weighted by Crippen LogP contribution is -2.04. The minimum absolute atomic E-state index is 0.431. The van der Waals surface area contributed by atoms with Crippen LogP contribution in [-0.2, 0) is 13.0 Å². The molecular formula is C13H14ClN3O. The van der Waals surface area contributed by atoms with E-state index in [0.717, 1.165) is 17.5 Å². The van der Waals surface area contributed by atoms with Gasteiger partial charge in [-0.05, 0) is 24.1 Å². The molecule has 4 nitrogen and oxygen atoms in total. The molecule has 1 heterocycles. The molecule has 0 aliphatic heterocycles. The van der Waals surface area contributed by atoms with Crippen molar-refractivity contribution in [2.75, 3.05) is 5.73 Å². The summed E-state index contributed by atoms with van der Waals surface area (Å²) in [5.74, 6) is 1.01. The monoisotopic (exact) mass is 263 g/mol. The Hall–Kier alpha value is -1.81. The van der Waals surface area contributed by atoms with Crippen molar-refractivity contribution < 1.29 is 4.74 Å². The summed E-state index contributed by atoms with van der Waals surface area (Å²) in [6.07, 6.45) is 2.15. The number of nitrogen functional groups attached to an aromatic ring is 1. The molecule has 0 bridgehead atoms.